The Morgan fingerprint density at radius 1 is 0.739 bits per heavy atom. The second-order valence-electron chi connectivity index (χ2n) is 8.10. The highest BCUT2D eigenvalue weighted by Crippen LogP contribution is 2.28. The van der Waals surface area contributed by atoms with Crippen LogP contribution >= 0.6 is 0 Å². The Morgan fingerprint density at radius 3 is 1.57 bits per heavy atom. The maximum absolute atomic E-state index is 6.39. The van der Waals surface area contributed by atoms with Gasteiger partial charge in [-0.15, -0.1) is 0 Å². The van der Waals surface area contributed by atoms with Crippen LogP contribution in [0.2, 0.25) is 39.3 Å². The molecule has 0 aromatic heterocycles. The summed E-state index contributed by atoms with van der Waals surface area (Å²) in [7, 11) is -3.25. The van der Waals surface area contributed by atoms with Crippen molar-refractivity contribution in [3.63, 3.8) is 0 Å². The molecule has 1 aliphatic heterocycles. The van der Waals surface area contributed by atoms with Gasteiger partial charge in [0, 0.05) is 31.6 Å². The third-order valence-corrected chi connectivity index (χ3v) is 5.23. The average molecular weight is 350 g/mol. The molecule has 0 saturated heterocycles. The summed E-state index contributed by atoms with van der Waals surface area (Å²) in [4.78, 5) is 2.44. The summed E-state index contributed by atoms with van der Waals surface area (Å²) in [5.41, 5.74) is 1.29. The summed E-state index contributed by atoms with van der Waals surface area (Å²) in [6, 6.07) is 10.6. The highest BCUT2D eigenvalue weighted by atomic mass is 28.4. The molecule has 0 aliphatic carbocycles. The lowest BCUT2D eigenvalue weighted by atomic mass is 10.2. The van der Waals surface area contributed by atoms with E-state index < -0.39 is 16.6 Å². The van der Waals surface area contributed by atoms with Crippen LogP contribution in [0.4, 0.5) is 5.69 Å². The molecule has 3 nitrogen and oxygen atoms in total. The molecule has 0 bridgehead atoms. The van der Waals surface area contributed by atoms with Crippen LogP contribution in [0.5, 0.6) is 0 Å². The van der Waals surface area contributed by atoms with E-state index in [1.807, 2.05) is 0 Å². The Morgan fingerprint density at radius 2 is 1.17 bits per heavy atom. The number of anilines is 1. The fourth-order valence-electron chi connectivity index (χ4n) is 2.72. The molecule has 0 fully saturated rings. The van der Waals surface area contributed by atoms with Crippen molar-refractivity contribution in [3.8, 4) is 0 Å². The zero-order valence-electron chi connectivity index (χ0n) is 15.5. The molecule has 1 heterocycles. The van der Waals surface area contributed by atoms with Gasteiger partial charge in [-0.25, -0.2) is 0 Å². The van der Waals surface area contributed by atoms with Gasteiger partial charge in [-0.2, -0.15) is 0 Å². The van der Waals surface area contributed by atoms with Crippen LogP contribution in [0.3, 0.4) is 0 Å². The fraction of sp³-hybridized carbons (Fsp3) is 0.556. The lowest BCUT2D eigenvalue weighted by molar-refractivity contribution is 0.324. The molecule has 0 unspecified atom stereocenters. The van der Waals surface area contributed by atoms with Crippen molar-refractivity contribution in [2.45, 2.75) is 52.1 Å². The van der Waals surface area contributed by atoms with Crippen molar-refractivity contribution in [1.29, 1.82) is 0 Å². The second-order valence-corrected chi connectivity index (χ2v) is 17.0. The highest BCUT2D eigenvalue weighted by Gasteiger charge is 2.27. The van der Waals surface area contributed by atoms with Crippen molar-refractivity contribution in [2.24, 2.45) is 0 Å². The van der Waals surface area contributed by atoms with Crippen LogP contribution in [0.15, 0.2) is 41.9 Å². The molecule has 1 aromatic carbocycles. The first-order valence-electron chi connectivity index (χ1n) is 8.54. The van der Waals surface area contributed by atoms with Crippen LogP contribution in [0, 0.1) is 0 Å². The molecular formula is C18H31NO2Si2. The zero-order chi connectivity index (χ0) is 17.1. The van der Waals surface area contributed by atoms with E-state index in [9.17, 15) is 0 Å². The average Bonchev–Trinajstić information content (AvgIpc) is 2.60. The predicted molar refractivity (Wildman–Crippen MR) is 104 cm³/mol. The van der Waals surface area contributed by atoms with Crippen LogP contribution in [-0.2, 0) is 8.85 Å². The monoisotopic (exact) mass is 349 g/mol. The maximum Gasteiger partial charge on any atom is 0.241 e. The molecule has 0 radical (unpaired) electrons. The first kappa shape index (κ1) is 18.1. The highest BCUT2D eigenvalue weighted by molar-refractivity contribution is 6.70. The largest absolute Gasteiger partial charge is 0.545 e. The second kappa shape index (κ2) is 7.13. The van der Waals surface area contributed by atoms with E-state index in [1.165, 1.54) is 5.69 Å². The van der Waals surface area contributed by atoms with Crippen molar-refractivity contribution in [3.05, 3.63) is 41.9 Å². The molecule has 1 aliphatic rings. The van der Waals surface area contributed by atoms with Gasteiger partial charge in [-0.05, 0) is 51.4 Å². The van der Waals surface area contributed by atoms with E-state index in [4.69, 9.17) is 8.85 Å². The lowest BCUT2D eigenvalue weighted by Crippen LogP contribution is -2.29. The number of para-hydroxylation sites is 1. The minimum atomic E-state index is -1.63. The Balaban J connectivity index is 2.19. The van der Waals surface area contributed by atoms with Gasteiger partial charge >= 0.3 is 0 Å². The lowest BCUT2D eigenvalue weighted by Gasteiger charge is -2.27. The van der Waals surface area contributed by atoms with E-state index in [0.717, 1.165) is 37.4 Å². The molecule has 23 heavy (non-hydrogen) atoms. The molecule has 2 rings (SSSR count). The molecular weight excluding hydrogens is 318 g/mol. The minimum absolute atomic E-state index is 0.930. The summed E-state index contributed by atoms with van der Waals surface area (Å²) in [6.07, 6.45) is 1.86. The third kappa shape index (κ3) is 6.07. The van der Waals surface area contributed by atoms with Crippen molar-refractivity contribution in [1.82, 2.24) is 0 Å². The van der Waals surface area contributed by atoms with Crippen LogP contribution < -0.4 is 4.90 Å². The van der Waals surface area contributed by atoms with Gasteiger partial charge in [0.1, 0.15) is 11.5 Å². The van der Waals surface area contributed by atoms with Gasteiger partial charge in [0.2, 0.25) is 16.6 Å². The fourth-order valence-corrected chi connectivity index (χ4v) is 4.63. The van der Waals surface area contributed by atoms with Gasteiger partial charge in [0.25, 0.3) is 0 Å². The first-order valence-corrected chi connectivity index (χ1v) is 15.4. The van der Waals surface area contributed by atoms with Crippen molar-refractivity contribution < 1.29 is 8.85 Å². The predicted octanol–water partition coefficient (Wildman–Crippen LogP) is 5.20. The first-order chi connectivity index (χ1) is 10.6. The molecule has 128 valence electrons. The van der Waals surface area contributed by atoms with Gasteiger partial charge in [0.15, 0.2) is 0 Å². The summed E-state index contributed by atoms with van der Waals surface area (Å²) in [6.45, 7) is 15.4. The quantitative estimate of drug-likeness (QED) is 0.682. The third-order valence-electron chi connectivity index (χ3n) is 3.51. The SMILES string of the molecule is C[Si](C)(C)OC1=C(O[Si](C)(C)C)CCN(c2ccccc2)CC1. The van der Waals surface area contributed by atoms with E-state index in [1.54, 1.807) is 0 Å². The number of nitrogens with zero attached hydrogens (tertiary/aromatic N) is 1. The van der Waals surface area contributed by atoms with Gasteiger partial charge in [-0.3, -0.25) is 0 Å². The Hall–Kier alpha value is -1.21. The molecule has 0 saturated carbocycles. The number of hydrogen-bond acceptors (Lipinski definition) is 3. The minimum Gasteiger partial charge on any atom is -0.545 e. The van der Waals surface area contributed by atoms with Crippen LogP contribution in [0.1, 0.15) is 12.8 Å². The van der Waals surface area contributed by atoms with Crippen LogP contribution in [-0.4, -0.2) is 29.7 Å². The van der Waals surface area contributed by atoms with Gasteiger partial charge in [0.05, 0.1) is 0 Å². The standard InChI is InChI=1S/C18H31NO2Si2/c1-22(2,3)20-17-12-14-19(16-10-8-7-9-11-16)15-13-18(17)21-23(4,5)6/h7-11H,12-15H2,1-6H3. The summed E-state index contributed by atoms with van der Waals surface area (Å²) in [5, 5.41) is 0. The van der Waals surface area contributed by atoms with E-state index >= 15 is 0 Å². The Kier molecular flexibility index (Phi) is 5.63. The number of rotatable bonds is 5. The smallest absolute Gasteiger partial charge is 0.241 e. The van der Waals surface area contributed by atoms with Crippen LogP contribution in [0.25, 0.3) is 0 Å². The van der Waals surface area contributed by atoms with E-state index in [2.05, 4.69) is 74.5 Å². The van der Waals surface area contributed by atoms with Gasteiger partial charge < -0.3 is 13.8 Å². The van der Waals surface area contributed by atoms with Gasteiger partial charge in [-0.1, -0.05) is 18.2 Å². The molecule has 0 atom stereocenters. The zero-order valence-corrected chi connectivity index (χ0v) is 17.5. The molecule has 5 heteroatoms. The van der Waals surface area contributed by atoms with Crippen molar-refractivity contribution in [2.75, 3.05) is 18.0 Å². The number of benzene rings is 1. The van der Waals surface area contributed by atoms with E-state index in [0.29, 0.717) is 0 Å². The Labute approximate surface area is 143 Å². The molecule has 0 spiro atoms. The van der Waals surface area contributed by atoms with E-state index in [-0.39, 0.29) is 0 Å². The van der Waals surface area contributed by atoms with Crippen molar-refractivity contribution >= 4 is 22.3 Å². The summed E-state index contributed by atoms with van der Waals surface area (Å²) >= 11 is 0. The Bertz CT molecular complexity index is 514. The normalized spacial score (nSPS) is 17.0. The summed E-state index contributed by atoms with van der Waals surface area (Å²) in [5.74, 6) is 2.20. The molecule has 0 N–H and O–H groups in total. The summed E-state index contributed by atoms with van der Waals surface area (Å²) < 4.78 is 12.8. The topological polar surface area (TPSA) is 21.7 Å². The number of hydrogen-bond donors (Lipinski definition) is 0. The molecule has 1 aromatic rings. The maximum atomic E-state index is 6.39. The molecule has 0 amide bonds.